The maximum atomic E-state index is 13.5. The standard InChI is InChI=1S/C41H52N4O4S/c1-5-6-26-7-11-28(12-8-26)29-15-17-30(18-16-29)32-22-42-37(43-23-32)31-13-9-27(10-14-31)21-34(39(47)45-24-33(25-45)40(48)49)44-38(46)35-19-20-36(50-35)41(2,3)4/h9-10,13-14,17,19-20,22-23,26,28-29,33-34H,5-8,11-12,15-16,18,21,24-25H2,1-4H3,(H,44,46)(H,48,49). The molecule has 1 saturated heterocycles. The number of hydrogen-bond donors (Lipinski definition) is 2. The Bertz CT molecular complexity index is 1680. The minimum absolute atomic E-state index is 0.0862. The van der Waals surface area contributed by atoms with Crippen LogP contribution in [0.5, 0.6) is 0 Å². The maximum Gasteiger partial charge on any atom is 0.310 e. The van der Waals surface area contributed by atoms with Gasteiger partial charge in [0.05, 0.1) is 10.8 Å². The summed E-state index contributed by atoms with van der Waals surface area (Å²) in [6.45, 7) is 8.90. The van der Waals surface area contributed by atoms with Gasteiger partial charge in [0.1, 0.15) is 6.04 Å². The Kier molecular flexibility index (Phi) is 11.2. The van der Waals surface area contributed by atoms with Crippen LogP contribution in [0.2, 0.25) is 0 Å². The molecule has 9 heteroatoms. The first-order valence-electron chi connectivity index (χ1n) is 18.5. The predicted octanol–water partition coefficient (Wildman–Crippen LogP) is 8.18. The smallest absolute Gasteiger partial charge is 0.310 e. The number of nitrogens with zero attached hydrogens (tertiary/aromatic N) is 3. The van der Waals surface area contributed by atoms with Gasteiger partial charge in [-0.2, -0.15) is 0 Å². The molecule has 2 atom stereocenters. The van der Waals surface area contributed by atoms with Crippen LogP contribution in [0, 0.1) is 23.7 Å². The summed E-state index contributed by atoms with van der Waals surface area (Å²) in [5.41, 5.74) is 4.13. The summed E-state index contributed by atoms with van der Waals surface area (Å²) in [4.78, 5) is 50.8. The van der Waals surface area contributed by atoms with Crippen molar-refractivity contribution in [3.63, 3.8) is 0 Å². The Morgan fingerprint density at radius 1 is 0.940 bits per heavy atom. The molecular weight excluding hydrogens is 645 g/mol. The first kappa shape index (κ1) is 36.0. The molecule has 3 aliphatic rings. The molecule has 8 nitrogen and oxygen atoms in total. The number of likely N-dealkylation sites (tertiary alicyclic amines) is 1. The molecule has 266 valence electrons. The molecule has 2 unspecified atom stereocenters. The Balaban J connectivity index is 1.08. The summed E-state index contributed by atoms with van der Waals surface area (Å²) in [6.07, 6.45) is 18.4. The Labute approximate surface area is 300 Å². The average Bonchev–Trinajstić information content (AvgIpc) is 3.60. The van der Waals surface area contributed by atoms with E-state index in [1.807, 2.05) is 42.7 Å². The van der Waals surface area contributed by atoms with E-state index in [1.165, 1.54) is 66.8 Å². The quantitative estimate of drug-likeness (QED) is 0.209. The number of carboxylic acids is 1. The summed E-state index contributed by atoms with van der Waals surface area (Å²) >= 11 is 1.42. The first-order valence-corrected chi connectivity index (χ1v) is 19.3. The summed E-state index contributed by atoms with van der Waals surface area (Å²) in [6, 6.07) is 10.7. The third kappa shape index (κ3) is 8.53. The normalized spacial score (nSPS) is 22.0. The third-order valence-corrected chi connectivity index (χ3v) is 12.6. The number of carbonyl (C=O) groups is 3. The van der Waals surface area contributed by atoms with Gasteiger partial charge in [-0.1, -0.05) is 83.7 Å². The minimum atomic E-state index is -0.909. The van der Waals surface area contributed by atoms with Crippen LogP contribution >= 0.6 is 11.3 Å². The largest absolute Gasteiger partial charge is 0.481 e. The number of rotatable bonds is 11. The lowest BCUT2D eigenvalue weighted by Crippen LogP contribution is -2.59. The molecule has 3 aromatic rings. The lowest BCUT2D eigenvalue weighted by atomic mass is 9.70. The van der Waals surface area contributed by atoms with Crippen molar-refractivity contribution in [3.8, 4) is 11.4 Å². The highest BCUT2D eigenvalue weighted by atomic mass is 32.1. The second-order valence-electron chi connectivity index (χ2n) is 15.7. The maximum absolute atomic E-state index is 13.5. The number of aliphatic carboxylic acids is 1. The number of benzene rings is 1. The molecule has 2 amide bonds. The van der Waals surface area contributed by atoms with Gasteiger partial charge < -0.3 is 15.3 Å². The van der Waals surface area contributed by atoms with E-state index in [4.69, 9.17) is 9.97 Å². The van der Waals surface area contributed by atoms with Gasteiger partial charge in [-0.15, -0.1) is 11.3 Å². The van der Waals surface area contributed by atoms with Crippen LogP contribution in [-0.4, -0.2) is 56.9 Å². The van der Waals surface area contributed by atoms with Crippen LogP contribution in [0.25, 0.3) is 17.0 Å². The zero-order valence-corrected chi connectivity index (χ0v) is 30.8. The molecule has 2 aliphatic carbocycles. The van der Waals surface area contributed by atoms with Crippen molar-refractivity contribution in [3.05, 3.63) is 75.7 Å². The van der Waals surface area contributed by atoms with Crippen LogP contribution in [0.1, 0.15) is 111 Å². The summed E-state index contributed by atoms with van der Waals surface area (Å²) < 4.78 is 0. The van der Waals surface area contributed by atoms with E-state index in [0.717, 1.165) is 52.2 Å². The Morgan fingerprint density at radius 2 is 1.64 bits per heavy atom. The number of carbonyl (C=O) groups excluding carboxylic acids is 2. The molecule has 0 radical (unpaired) electrons. The zero-order valence-electron chi connectivity index (χ0n) is 30.0. The Hall–Kier alpha value is -3.85. The van der Waals surface area contributed by atoms with E-state index in [2.05, 4.69) is 39.1 Å². The fourth-order valence-electron chi connectivity index (χ4n) is 7.90. The highest BCUT2D eigenvalue weighted by molar-refractivity contribution is 7.14. The van der Waals surface area contributed by atoms with E-state index >= 15 is 0 Å². The molecule has 1 aliphatic heterocycles. The van der Waals surface area contributed by atoms with Crippen molar-refractivity contribution in [1.29, 1.82) is 0 Å². The number of nitrogens with one attached hydrogen (secondary N) is 1. The fourth-order valence-corrected chi connectivity index (χ4v) is 8.86. The van der Waals surface area contributed by atoms with Gasteiger partial charge >= 0.3 is 5.97 Å². The van der Waals surface area contributed by atoms with Crippen molar-refractivity contribution in [2.45, 2.75) is 103 Å². The zero-order chi connectivity index (χ0) is 35.4. The number of hydrogen-bond acceptors (Lipinski definition) is 6. The molecular formula is C41H52N4O4S. The van der Waals surface area contributed by atoms with Crippen LogP contribution in [0.3, 0.4) is 0 Å². The van der Waals surface area contributed by atoms with Crippen LogP contribution < -0.4 is 5.32 Å². The molecule has 50 heavy (non-hydrogen) atoms. The van der Waals surface area contributed by atoms with Crippen LogP contribution in [0.4, 0.5) is 0 Å². The van der Waals surface area contributed by atoms with Crippen LogP contribution in [0.15, 0.2) is 54.9 Å². The Morgan fingerprint density at radius 3 is 2.22 bits per heavy atom. The number of aromatic nitrogens is 2. The van der Waals surface area contributed by atoms with Crippen molar-refractivity contribution < 1.29 is 19.5 Å². The van der Waals surface area contributed by atoms with Crippen molar-refractivity contribution in [1.82, 2.24) is 20.2 Å². The number of amides is 2. The molecule has 2 N–H and O–H groups in total. The van der Waals surface area contributed by atoms with Gasteiger partial charge in [-0.25, -0.2) is 9.97 Å². The highest BCUT2D eigenvalue weighted by Crippen LogP contribution is 2.42. The fraction of sp³-hybridized carbons (Fsp3) is 0.537. The average molecular weight is 697 g/mol. The lowest BCUT2D eigenvalue weighted by Gasteiger charge is -2.38. The lowest BCUT2D eigenvalue weighted by molar-refractivity contribution is -0.153. The van der Waals surface area contributed by atoms with E-state index < -0.39 is 17.9 Å². The minimum Gasteiger partial charge on any atom is -0.481 e. The van der Waals surface area contributed by atoms with E-state index in [0.29, 0.717) is 10.7 Å². The third-order valence-electron chi connectivity index (χ3n) is 11.1. The molecule has 2 aromatic heterocycles. The summed E-state index contributed by atoms with van der Waals surface area (Å²) in [5.74, 6) is 1.24. The SMILES string of the molecule is CCCC1CCC(C2CC=C(c3cnc(-c4ccc(CC(NC(=O)c5ccc(C(C)(C)C)s5)C(=O)N5CC(C(=O)O)C5)cc4)nc3)CC2)CC1. The molecule has 1 saturated carbocycles. The molecule has 2 fully saturated rings. The molecule has 3 heterocycles. The number of allylic oxidation sites excluding steroid dienone is 2. The van der Waals surface area contributed by atoms with Crippen molar-refractivity contribution in [2.24, 2.45) is 23.7 Å². The first-order chi connectivity index (χ1) is 24.0. The van der Waals surface area contributed by atoms with Gasteiger partial charge in [0.15, 0.2) is 5.82 Å². The summed E-state index contributed by atoms with van der Waals surface area (Å²) in [5, 5.41) is 12.3. The topological polar surface area (TPSA) is 112 Å². The second kappa shape index (κ2) is 15.6. The van der Waals surface area contributed by atoms with Crippen LogP contribution in [-0.2, 0) is 21.4 Å². The molecule has 6 rings (SSSR count). The van der Waals surface area contributed by atoms with Gasteiger partial charge in [0.25, 0.3) is 5.91 Å². The predicted molar refractivity (Wildman–Crippen MR) is 199 cm³/mol. The molecule has 0 spiro atoms. The summed E-state index contributed by atoms with van der Waals surface area (Å²) in [7, 11) is 0. The van der Waals surface area contributed by atoms with Gasteiger partial charge in [-0.05, 0) is 78.5 Å². The monoisotopic (exact) mass is 696 g/mol. The molecule has 0 bridgehead atoms. The van der Waals surface area contributed by atoms with E-state index in [1.54, 1.807) is 6.07 Å². The highest BCUT2D eigenvalue weighted by Gasteiger charge is 2.39. The van der Waals surface area contributed by atoms with E-state index in [-0.39, 0.29) is 36.7 Å². The van der Waals surface area contributed by atoms with Crippen molar-refractivity contribution >= 4 is 34.7 Å². The van der Waals surface area contributed by atoms with E-state index in [9.17, 15) is 19.5 Å². The molecule has 1 aromatic carbocycles. The second-order valence-corrected chi connectivity index (χ2v) is 16.8. The van der Waals surface area contributed by atoms with Gasteiger partial charge in [0, 0.05) is 47.9 Å². The number of thiophene rings is 1. The number of carboxylic acid groups (broad SMARTS) is 1. The van der Waals surface area contributed by atoms with Gasteiger partial charge in [-0.3, -0.25) is 14.4 Å². The van der Waals surface area contributed by atoms with Crippen molar-refractivity contribution in [2.75, 3.05) is 13.1 Å². The van der Waals surface area contributed by atoms with Gasteiger partial charge in [0.2, 0.25) is 5.91 Å².